The van der Waals surface area contributed by atoms with Gasteiger partial charge >= 0.3 is 5.97 Å². The van der Waals surface area contributed by atoms with E-state index in [-0.39, 0.29) is 11.9 Å². The van der Waals surface area contributed by atoms with Crippen molar-refractivity contribution in [2.24, 2.45) is 0 Å². The molecule has 0 atom stereocenters. The highest BCUT2D eigenvalue weighted by atomic mass is 32.2. The first kappa shape index (κ1) is 15.4. The number of nitrogens with one attached hydrogen (secondary N) is 1. The van der Waals surface area contributed by atoms with Crippen molar-refractivity contribution in [3.63, 3.8) is 0 Å². The van der Waals surface area contributed by atoms with Gasteiger partial charge in [-0.2, -0.15) is 0 Å². The molecule has 1 rings (SSSR count). The number of methoxy groups -OCH3 is 1. The molecule has 1 aromatic rings. The molecule has 0 saturated carbocycles. The molecule has 0 saturated heterocycles. The van der Waals surface area contributed by atoms with E-state index in [4.69, 9.17) is 5.73 Å². The Hall–Kier alpha value is -1.69. The number of rotatable bonds is 7. The summed E-state index contributed by atoms with van der Waals surface area (Å²) in [6.45, 7) is 0.537. The zero-order valence-corrected chi connectivity index (χ0v) is 11.7. The smallest absolute Gasteiger partial charge is 0.315 e. The van der Waals surface area contributed by atoms with Crippen LogP contribution in [-0.2, 0) is 20.7 Å². The molecule has 19 heavy (non-hydrogen) atoms. The molecule has 0 aliphatic carbocycles. The fourth-order valence-electron chi connectivity index (χ4n) is 1.36. The highest BCUT2D eigenvalue weighted by molar-refractivity contribution is 7.99. The van der Waals surface area contributed by atoms with Crippen LogP contribution < -0.4 is 11.1 Å². The van der Waals surface area contributed by atoms with E-state index in [1.165, 1.54) is 18.9 Å². The Kier molecular flexibility index (Phi) is 6.81. The fraction of sp³-hybridized carbons (Fsp3) is 0.385. The number of thioether (sulfide) groups is 1. The number of carbonyl (C=O) groups excluding carboxylic acids is 2. The molecule has 6 heteroatoms. The summed E-state index contributed by atoms with van der Waals surface area (Å²) in [6, 6.07) is 7.21. The number of amides is 1. The summed E-state index contributed by atoms with van der Waals surface area (Å²) in [7, 11) is 1.36. The van der Waals surface area contributed by atoms with Gasteiger partial charge in [-0.25, -0.2) is 0 Å². The van der Waals surface area contributed by atoms with Gasteiger partial charge in [-0.1, -0.05) is 12.1 Å². The zero-order chi connectivity index (χ0) is 14.1. The lowest BCUT2D eigenvalue weighted by atomic mass is 10.1. The Bertz CT molecular complexity index is 420. The molecule has 0 aliphatic heterocycles. The second kappa shape index (κ2) is 8.42. The maximum absolute atomic E-state index is 11.6. The Morgan fingerprint density at radius 2 is 2.00 bits per heavy atom. The molecule has 0 aliphatic rings. The van der Waals surface area contributed by atoms with Crippen LogP contribution in [0.2, 0.25) is 0 Å². The third kappa shape index (κ3) is 6.71. The molecular weight excluding hydrogens is 264 g/mol. The van der Waals surface area contributed by atoms with Gasteiger partial charge in [-0.3, -0.25) is 9.59 Å². The van der Waals surface area contributed by atoms with Crippen LogP contribution in [0.5, 0.6) is 0 Å². The van der Waals surface area contributed by atoms with Crippen molar-refractivity contribution < 1.29 is 14.3 Å². The molecular formula is C13H18N2O3S. The van der Waals surface area contributed by atoms with Crippen LogP contribution in [0, 0.1) is 0 Å². The number of esters is 1. The summed E-state index contributed by atoms with van der Waals surface area (Å²) in [5.41, 5.74) is 7.17. The minimum absolute atomic E-state index is 0.0385. The van der Waals surface area contributed by atoms with Crippen molar-refractivity contribution in [2.75, 3.05) is 30.9 Å². The van der Waals surface area contributed by atoms with E-state index in [1.807, 2.05) is 12.1 Å². The second-order valence-electron chi connectivity index (χ2n) is 3.90. The van der Waals surface area contributed by atoms with E-state index in [2.05, 4.69) is 10.1 Å². The van der Waals surface area contributed by atoms with E-state index < -0.39 is 0 Å². The average molecular weight is 282 g/mol. The van der Waals surface area contributed by atoms with E-state index in [9.17, 15) is 9.59 Å². The van der Waals surface area contributed by atoms with Crippen LogP contribution in [-0.4, -0.2) is 37.0 Å². The van der Waals surface area contributed by atoms with Gasteiger partial charge in [-0.05, 0) is 17.7 Å². The molecule has 0 radical (unpaired) electrons. The van der Waals surface area contributed by atoms with Gasteiger partial charge in [0.15, 0.2) is 0 Å². The van der Waals surface area contributed by atoms with E-state index >= 15 is 0 Å². The maximum Gasteiger partial charge on any atom is 0.315 e. The molecule has 3 N–H and O–H groups in total. The third-order valence-corrected chi connectivity index (χ3v) is 3.29. The maximum atomic E-state index is 11.6. The highest BCUT2D eigenvalue weighted by Crippen LogP contribution is 2.06. The average Bonchev–Trinajstić information content (AvgIpc) is 2.40. The van der Waals surface area contributed by atoms with Gasteiger partial charge in [0.25, 0.3) is 0 Å². The Morgan fingerprint density at radius 3 is 2.63 bits per heavy atom. The molecule has 0 fully saturated rings. The number of hydrogen-bond acceptors (Lipinski definition) is 5. The number of nitrogens with two attached hydrogens (primary N) is 1. The highest BCUT2D eigenvalue weighted by Gasteiger charge is 2.03. The van der Waals surface area contributed by atoms with Crippen molar-refractivity contribution in [3.8, 4) is 0 Å². The molecule has 0 bridgehead atoms. The quantitative estimate of drug-likeness (QED) is 0.440. The number of carbonyl (C=O) groups is 2. The Labute approximate surface area is 116 Å². The van der Waals surface area contributed by atoms with Gasteiger partial charge in [0.05, 0.1) is 19.3 Å². The summed E-state index contributed by atoms with van der Waals surface area (Å²) in [5.74, 6) is 0.703. The first-order chi connectivity index (χ1) is 9.11. The van der Waals surface area contributed by atoms with E-state index in [1.54, 1.807) is 12.1 Å². The lowest BCUT2D eigenvalue weighted by molar-refractivity contribution is -0.137. The first-order valence-electron chi connectivity index (χ1n) is 5.87. The zero-order valence-electron chi connectivity index (χ0n) is 10.8. The van der Waals surface area contributed by atoms with Crippen LogP contribution >= 0.6 is 11.8 Å². The monoisotopic (exact) mass is 282 g/mol. The Morgan fingerprint density at radius 1 is 1.32 bits per heavy atom. The largest absolute Gasteiger partial charge is 0.468 e. The summed E-state index contributed by atoms with van der Waals surface area (Å²) in [6.07, 6.45) is 0.335. The van der Waals surface area contributed by atoms with Crippen molar-refractivity contribution >= 4 is 29.3 Å². The van der Waals surface area contributed by atoms with Crippen LogP contribution in [0.15, 0.2) is 24.3 Å². The van der Waals surface area contributed by atoms with E-state index in [0.29, 0.717) is 30.2 Å². The van der Waals surface area contributed by atoms with Gasteiger partial charge < -0.3 is 15.8 Å². The van der Waals surface area contributed by atoms with Crippen LogP contribution in [0.1, 0.15) is 5.56 Å². The molecule has 5 nitrogen and oxygen atoms in total. The normalized spacial score (nSPS) is 9.95. The molecule has 0 spiro atoms. The fourth-order valence-corrected chi connectivity index (χ4v) is 2.04. The van der Waals surface area contributed by atoms with Gasteiger partial charge in [0.1, 0.15) is 0 Å². The number of nitrogen functional groups attached to an aromatic ring is 1. The second-order valence-corrected chi connectivity index (χ2v) is 5.00. The third-order valence-electron chi connectivity index (χ3n) is 2.36. The lowest BCUT2D eigenvalue weighted by Crippen LogP contribution is -2.27. The molecule has 0 heterocycles. The van der Waals surface area contributed by atoms with Crippen molar-refractivity contribution in [2.45, 2.75) is 6.42 Å². The molecule has 1 amide bonds. The summed E-state index contributed by atoms with van der Waals surface area (Å²) in [5, 5.41) is 2.79. The standard InChI is InChI=1S/C13H18N2O3S/c1-18-13(17)9-19-7-6-15-12(16)8-10-2-4-11(14)5-3-10/h2-5H,6-9,14H2,1H3,(H,15,16). The number of hydrogen-bond donors (Lipinski definition) is 2. The topological polar surface area (TPSA) is 81.4 Å². The lowest BCUT2D eigenvalue weighted by Gasteiger charge is -2.05. The minimum atomic E-state index is -0.252. The summed E-state index contributed by atoms with van der Waals surface area (Å²) < 4.78 is 4.51. The minimum Gasteiger partial charge on any atom is -0.468 e. The van der Waals surface area contributed by atoms with Crippen molar-refractivity contribution in [1.29, 1.82) is 0 Å². The predicted molar refractivity (Wildman–Crippen MR) is 76.9 cm³/mol. The predicted octanol–water partition coefficient (Wildman–Crippen LogP) is 0.834. The summed E-state index contributed by atoms with van der Waals surface area (Å²) >= 11 is 1.43. The van der Waals surface area contributed by atoms with Crippen molar-refractivity contribution in [3.05, 3.63) is 29.8 Å². The van der Waals surface area contributed by atoms with Gasteiger partial charge in [-0.15, -0.1) is 11.8 Å². The summed E-state index contributed by atoms with van der Waals surface area (Å²) in [4.78, 5) is 22.4. The molecule has 0 aromatic heterocycles. The SMILES string of the molecule is COC(=O)CSCCNC(=O)Cc1ccc(N)cc1. The van der Waals surface area contributed by atoms with Crippen LogP contribution in [0.4, 0.5) is 5.69 Å². The molecule has 104 valence electrons. The van der Waals surface area contributed by atoms with Crippen LogP contribution in [0.25, 0.3) is 0 Å². The number of benzene rings is 1. The van der Waals surface area contributed by atoms with Crippen LogP contribution in [0.3, 0.4) is 0 Å². The van der Waals surface area contributed by atoms with E-state index in [0.717, 1.165) is 5.56 Å². The number of ether oxygens (including phenoxy) is 1. The van der Waals surface area contributed by atoms with Gasteiger partial charge in [0.2, 0.25) is 5.91 Å². The molecule has 0 unspecified atom stereocenters. The first-order valence-corrected chi connectivity index (χ1v) is 7.03. The molecule has 1 aromatic carbocycles. The number of anilines is 1. The van der Waals surface area contributed by atoms with Crippen molar-refractivity contribution in [1.82, 2.24) is 5.32 Å². The van der Waals surface area contributed by atoms with Gasteiger partial charge in [0, 0.05) is 18.0 Å². The Balaban J connectivity index is 2.14.